The van der Waals surface area contributed by atoms with Crippen LogP contribution in [0.3, 0.4) is 0 Å². The molecule has 0 radical (unpaired) electrons. The van der Waals surface area contributed by atoms with Crippen LogP contribution < -0.4 is 10.5 Å². The van der Waals surface area contributed by atoms with E-state index in [9.17, 15) is 14.3 Å². The third kappa shape index (κ3) is 5.83. The Labute approximate surface area is 183 Å². The van der Waals surface area contributed by atoms with Gasteiger partial charge in [0.2, 0.25) is 0 Å². The number of anilines is 1. The Kier molecular flexibility index (Phi) is 7.14. The van der Waals surface area contributed by atoms with Crippen molar-refractivity contribution in [3.8, 4) is 17.0 Å². The maximum absolute atomic E-state index is 14.8. The molecule has 8 heteroatoms. The maximum Gasteiger partial charge on any atom is 0.408 e. The molecular formula is C23H33FN4O3. The predicted octanol–water partition coefficient (Wildman–Crippen LogP) is 5.14. The third-order valence-electron chi connectivity index (χ3n) is 4.96. The second-order valence-corrected chi connectivity index (χ2v) is 9.54. The van der Waals surface area contributed by atoms with E-state index in [1.807, 2.05) is 41.5 Å². The smallest absolute Gasteiger partial charge is 0.408 e. The van der Waals surface area contributed by atoms with Crippen LogP contribution in [-0.4, -0.2) is 43.8 Å². The van der Waals surface area contributed by atoms with Crippen LogP contribution in [0.25, 0.3) is 11.3 Å². The molecule has 0 spiro atoms. The summed E-state index contributed by atoms with van der Waals surface area (Å²) in [5, 5.41) is 9.92. The Hall–Kier alpha value is -2.90. The second-order valence-electron chi connectivity index (χ2n) is 9.54. The van der Waals surface area contributed by atoms with Gasteiger partial charge < -0.3 is 15.6 Å². The number of hydrogen-bond donors (Lipinski definition) is 2. The molecule has 7 nitrogen and oxygen atoms in total. The second kappa shape index (κ2) is 9.08. The Bertz CT molecular complexity index is 943. The van der Waals surface area contributed by atoms with Gasteiger partial charge in [-0.3, -0.25) is 4.90 Å². The average molecular weight is 433 g/mol. The number of halogens is 1. The van der Waals surface area contributed by atoms with Crippen molar-refractivity contribution in [2.45, 2.75) is 66.0 Å². The van der Waals surface area contributed by atoms with Crippen molar-refractivity contribution < 1.29 is 19.0 Å². The van der Waals surface area contributed by atoms with E-state index < -0.39 is 23.0 Å². The van der Waals surface area contributed by atoms with Crippen LogP contribution in [0, 0.1) is 18.7 Å². The van der Waals surface area contributed by atoms with Gasteiger partial charge in [-0.1, -0.05) is 13.8 Å². The van der Waals surface area contributed by atoms with Crippen molar-refractivity contribution in [3.05, 3.63) is 35.9 Å². The largest absolute Gasteiger partial charge is 0.489 e. The van der Waals surface area contributed by atoms with E-state index >= 15 is 0 Å². The van der Waals surface area contributed by atoms with Crippen molar-refractivity contribution in [1.29, 1.82) is 0 Å². The van der Waals surface area contributed by atoms with Gasteiger partial charge in [0, 0.05) is 23.4 Å². The van der Waals surface area contributed by atoms with E-state index in [1.54, 1.807) is 19.1 Å². The summed E-state index contributed by atoms with van der Waals surface area (Å²) in [6.07, 6.45) is 1.06. The first-order valence-electron chi connectivity index (χ1n) is 10.3. The highest BCUT2D eigenvalue weighted by atomic mass is 19.1. The molecule has 0 unspecified atom stereocenters. The minimum Gasteiger partial charge on any atom is -0.489 e. The molecule has 0 saturated carbocycles. The zero-order valence-corrected chi connectivity index (χ0v) is 19.4. The number of aromatic nitrogens is 2. The third-order valence-corrected chi connectivity index (χ3v) is 4.96. The molecule has 170 valence electrons. The normalized spacial score (nSPS) is 13.7. The summed E-state index contributed by atoms with van der Waals surface area (Å²) in [5.41, 5.74) is 5.42. The number of ether oxygens (including phenoxy) is 1. The highest BCUT2D eigenvalue weighted by Gasteiger charge is 2.43. The van der Waals surface area contributed by atoms with Gasteiger partial charge in [0.05, 0.1) is 11.2 Å². The van der Waals surface area contributed by atoms with Crippen molar-refractivity contribution in [3.63, 3.8) is 0 Å². The summed E-state index contributed by atoms with van der Waals surface area (Å²) in [7, 11) is 0. The molecular weight excluding hydrogens is 399 g/mol. The standard InChI is InChI=1S/C23H33FN4O3/c1-14(2)12-23(7,28(21(29)30)22(4,5)6)13-31-18-11-17(24)20(27-15(18)3)16-8-9-26-19(25)10-16/h8-11,14H,12-13H2,1-7H3,(H2,25,26)(H,29,30)/t23-/m0/s1. The number of hydrogen-bond acceptors (Lipinski definition) is 5. The van der Waals surface area contributed by atoms with E-state index in [4.69, 9.17) is 10.5 Å². The van der Waals surface area contributed by atoms with Gasteiger partial charge in [-0.25, -0.2) is 19.2 Å². The van der Waals surface area contributed by atoms with Gasteiger partial charge in [0.1, 0.15) is 23.9 Å². The lowest BCUT2D eigenvalue weighted by molar-refractivity contribution is -0.0111. The summed E-state index contributed by atoms with van der Waals surface area (Å²) >= 11 is 0. The molecule has 1 atom stereocenters. The van der Waals surface area contributed by atoms with Crippen molar-refractivity contribution in [2.24, 2.45) is 5.92 Å². The molecule has 0 aliphatic rings. The number of carbonyl (C=O) groups is 1. The number of aryl methyl sites for hydroxylation is 1. The summed E-state index contributed by atoms with van der Waals surface area (Å²) in [5.74, 6) is 0.227. The van der Waals surface area contributed by atoms with Crippen LogP contribution in [0.2, 0.25) is 0 Å². The van der Waals surface area contributed by atoms with Crippen molar-refractivity contribution in [2.75, 3.05) is 12.3 Å². The predicted molar refractivity (Wildman–Crippen MR) is 120 cm³/mol. The van der Waals surface area contributed by atoms with E-state index in [0.717, 1.165) is 0 Å². The zero-order valence-electron chi connectivity index (χ0n) is 19.4. The molecule has 0 aliphatic heterocycles. The lowest BCUT2D eigenvalue weighted by Gasteiger charge is -2.47. The number of rotatable bonds is 7. The number of nitrogens with two attached hydrogens (primary N) is 1. The number of carboxylic acid groups (broad SMARTS) is 1. The quantitative estimate of drug-likeness (QED) is 0.628. The van der Waals surface area contributed by atoms with E-state index in [1.165, 1.54) is 17.2 Å². The van der Waals surface area contributed by atoms with Crippen LogP contribution >= 0.6 is 0 Å². The lowest BCUT2D eigenvalue weighted by atomic mass is 9.86. The average Bonchev–Trinajstić information content (AvgIpc) is 2.59. The number of amides is 1. The number of nitrogens with zero attached hydrogens (tertiary/aromatic N) is 3. The van der Waals surface area contributed by atoms with Gasteiger partial charge in [0.25, 0.3) is 0 Å². The van der Waals surface area contributed by atoms with Crippen LogP contribution in [0.4, 0.5) is 15.0 Å². The topological polar surface area (TPSA) is 102 Å². The van der Waals surface area contributed by atoms with Gasteiger partial charge in [-0.05, 0) is 59.1 Å². The van der Waals surface area contributed by atoms with Crippen LogP contribution in [0.15, 0.2) is 24.4 Å². The van der Waals surface area contributed by atoms with Crippen molar-refractivity contribution in [1.82, 2.24) is 14.9 Å². The zero-order chi connectivity index (χ0) is 23.6. The van der Waals surface area contributed by atoms with E-state index in [-0.39, 0.29) is 29.8 Å². The van der Waals surface area contributed by atoms with E-state index in [2.05, 4.69) is 9.97 Å². The number of nitrogen functional groups attached to an aromatic ring is 1. The molecule has 0 fully saturated rings. The SMILES string of the molecule is Cc1nc(-c2ccnc(N)c2)c(F)cc1OC[C@](C)(CC(C)C)N(C(=O)O)C(C)(C)C. The summed E-state index contributed by atoms with van der Waals surface area (Å²) in [6, 6.07) is 4.47. The molecule has 2 aromatic heterocycles. The molecule has 31 heavy (non-hydrogen) atoms. The monoisotopic (exact) mass is 432 g/mol. The Balaban J connectivity index is 2.37. The minimum absolute atomic E-state index is 0.0677. The number of pyridine rings is 2. The van der Waals surface area contributed by atoms with Crippen LogP contribution in [0.1, 0.15) is 53.7 Å². The fraction of sp³-hybridized carbons (Fsp3) is 0.522. The molecule has 0 aromatic carbocycles. The van der Waals surface area contributed by atoms with Crippen molar-refractivity contribution >= 4 is 11.9 Å². The first-order valence-corrected chi connectivity index (χ1v) is 10.3. The van der Waals surface area contributed by atoms with Gasteiger partial charge >= 0.3 is 6.09 Å². The highest BCUT2D eigenvalue weighted by Crippen LogP contribution is 2.33. The molecule has 3 N–H and O–H groups in total. The summed E-state index contributed by atoms with van der Waals surface area (Å²) in [4.78, 5) is 21.8. The molecule has 0 saturated heterocycles. The summed E-state index contributed by atoms with van der Waals surface area (Å²) in [6.45, 7) is 13.3. The van der Waals surface area contributed by atoms with Crippen LogP contribution in [0.5, 0.6) is 5.75 Å². The molecule has 0 aliphatic carbocycles. The molecule has 1 amide bonds. The molecule has 2 aromatic rings. The highest BCUT2D eigenvalue weighted by molar-refractivity contribution is 5.67. The Morgan fingerprint density at radius 1 is 1.29 bits per heavy atom. The molecule has 0 bridgehead atoms. The first-order chi connectivity index (χ1) is 14.2. The Morgan fingerprint density at radius 2 is 1.94 bits per heavy atom. The fourth-order valence-electron chi connectivity index (χ4n) is 4.16. The van der Waals surface area contributed by atoms with Gasteiger partial charge in [0.15, 0.2) is 5.82 Å². The van der Waals surface area contributed by atoms with Gasteiger partial charge in [-0.15, -0.1) is 0 Å². The van der Waals surface area contributed by atoms with Gasteiger partial charge in [-0.2, -0.15) is 0 Å². The molecule has 2 rings (SSSR count). The minimum atomic E-state index is -1.02. The Morgan fingerprint density at radius 3 is 2.45 bits per heavy atom. The lowest BCUT2D eigenvalue weighted by Crippen LogP contribution is -2.61. The maximum atomic E-state index is 14.8. The summed E-state index contributed by atoms with van der Waals surface area (Å²) < 4.78 is 20.8. The fourth-order valence-corrected chi connectivity index (χ4v) is 4.16. The van der Waals surface area contributed by atoms with Crippen LogP contribution in [-0.2, 0) is 0 Å². The first kappa shape index (κ1) is 24.4. The van der Waals surface area contributed by atoms with E-state index in [0.29, 0.717) is 17.7 Å². The molecule has 2 heterocycles.